The van der Waals surface area contributed by atoms with Gasteiger partial charge in [-0.1, -0.05) is 6.08 Å². The molecule has 0 amide bonds. The average Bonchev–Trinajstić information content (AvgIpc) is 2.18. The Labute approximate surface area is 51.0 Å². The molecule has 47 valence electrons. The molecule has 0 saturated heterocycles. The highest BCUT2D eigenvalue weighted by atomic mass is 16.2. The van der Waals surface area contributed by atoms with Gasteiger partial charge in [0.1, 0.15) is 6.54 Å². The lowest BCUT2D eigenvalue weighted by atomic mass is 10.6. The number of allylic oxidation sites excluding steroid dienone is 1. The highest BCUT2D eigenvalue weighted by molar-refractivity contribution is 4.86. The van der Waals surface area contributed by atoms with Crippen LogP contribution in [0.15, 0.2) is 17.4 Å². The van der Waals surface area contributed by atoms with E-state index in [0.29, 0.717) is 0 Å². The highest BCUT2D eigenvalue weighted by Crippen LogP contribution is 1.72. The molecule has 1 rings (SSSR count). The van der Waals surface area contributed by atoms with Gasteiger partial charge in [-0.05, 0) is 10.4 Å². The van der Waals surface area contributed by atoms with Crippen molar-refractivity contribution in [3.63, 3.8) is 0 Å². The molecular weight excluding hydrogens is 120 g/mol. The monoisotopic (exact) mass is 125 g/mol. The maximum Gasteiger partial charge on any atom is 0.361 e. The zero-order valence-electron chi connectivity index (χ0n) is 4.61. The molecule has 1 heterocycles. The number of aromatic nitrogens is 4. The van der Waals surface area contributed by atoms with E-state index >= 15 is 0 Å². The number of hydrogen-bond acceptors (Lipinski definition) is 3. The fourth-order valence-corrected chi connectivity index (χ4v) is 0.403. The average molecular weight is 125 g/mol. The summed E-state index contributed by atoms with van der Waals surface area (Å²) in [6.07, 6.45) is 1.45. The van der Waals surface area contributed by atoms with E-state index in [4.69, 9.17) is 0 Å². The molecule has 0 atom stereocenters. The molecule has 1 aromatic heterocycles. The van der Waals surface area contributed by atoms with Crippen LogP contribution in [0, 0.1) is 6.54 Å². The van der Waals surface area contributed by atoms with Gasteiger partial charge >= 0.3 is 5.69 Å². The summed E-state index contributed by atoms with van der Waals surface area (Å²) < 4.78 is 1.05. The molecular formula is C4H5N4O. The SMILES string of the molecule is C=C[CH]n1nn[nH]c1=O. The first-order valence-electron chi connectivity index (χ1n) is 2.30. The lowest BCUT2D eigenvalue weighted by Crippen LogP contribution is -2.15. The molecule has 0 spiro atoms. The second-order valence-electron chi connectivity index (χ2n) is 1.34. The van der Waals surface area contributed by atoms with Crippen LogP contribution in [0.25, 0.3) is 0 Å². The highest BCUT2D eigenvalue weighted by Gasteiger charge is 1.92. The van der Waals surface area contributed by atoms with Crippen molar-refractivity contribution in [1.29, 1.82) is 0 Å². The number of H-pyrrole nitrogens is 1. The van der Waals surface area contributed by atoms with Crippen LogP contribution < -0.4 is 5.69 Å². The summed E-state index contributed by atoms with van der Waals surface area (Å²) in [7, 11) is 0. The number of tetrazole rings is 1. The molecule has 0 unspecified atom stereocenters. The first kappa shape index (κ1) is 5.74. The van der Waals surface area contributed by atoms with Gasteiger partial charge in [-0.3, -0.25) is 0 Å². The predicted molar refractivity (Wildman–Crippen MR) is 30.5 cm³/mol. The maximum atomic E-state index is 10.5. The Morgan fingerprint density at radius 3 is 3.00 bits per heavy atom. The van der Waals surface area contributed by atoms with Gasteiger partial charge < -0.3 is 0 Å². The largest absolute Gasteiger partial charge is 0.361 e. The standard InChI is InChI=1S/C4H5N4O/c1-2-3-8-4(9)5-6-7-8/h2-3H,1H2,(H,5,7,9). The zero-order chi connectivity index (χ0) is 6.69. The van der Waals surface area contributed by atoms with E-state index in [2.05, 4.69) is 22.1 Å². The van der Waals surface area contributed by atoms with Gasteiger partial charge in [-0.25, -0.2) is 9.89 Å². The Bertz CT molecular complexity index is 247. The maximum absolute atomic E-state index is 10.5. The van der Waals surface area contributed by atoms with Gasteiger partial charge in [-0.2, -0.15) is 4.68 Å². The van der Waals surface area contributed by atoms with E-state index in [0.717, 1.165) is 4.68 Å². The van der Waals surface area contributed by atoms with Crippen LogP contribution in [0.3, 0.4) is 0 Å². The summed E-state index contributed by atoms with van der Waals surface area (Å²) in [5, 5.41) is 8.73. The normalized spacial score (nSPS) is 9.33. The van der Waals surface area contributed by atoms with Crippen LogP contribution in [-0.2, 0) is 0 Å². The third-order valence-electron chi connectivity index (χ3n) is 0.741. The van der Waals surface area contributed by atoms with Crippen LogP contribution in [0.2, 0.25) is 0 Å². The van der Waals surface area contributed by atoms with E-state index in [1.54, 1.807) is 0 Å². The van der Waals surface area contributed by atoms with Crippen molar-refractivity contribution in [2.24, 2.45) is 0 Å². The van der Waals surface area contributed by atoms with Gasteiger partial charge in [-0.15, -0.1) is 6.58 Å². The van der Waals surface area contributed by atoms with E-state index in [-0.39, 0.29) is 5.69 Å². The summed E-state index contributed by atoms with van der Waals surface area (Å²) in [4.78, 5) is 10.5. The molecule has 1 radical (unpaired) electrons. The van der Waals surface area contributed by atoms with Gasteiger partial charge in [0.25, 0.3) is 0 Å². The third-order valence-corrected chi connectivity index (χ3v) is 0.741. The van der Waals surface area contributed by atoms with Crippen molar-refractivity contribution >= 4 is 0 Å². The number of nitrogens with one attached hydrogen (secondary N) is 1. The first-order chi connectivity index (χ1) is 4.34. The summed E-state index contributed by atoms with van der Waals surface area (Å²) in [5.41, 5.74) is -0.366. The Hall–Kier alpha value is -1.39. The number of rotatable bonds is 2. The Balaban J connectivity index is 2.93. The topological polar surface area (TPSA) is 63.6 Å². The van der Waals surface area contributed by atoms with Crippen molar-refractivity contribution in [2.75, 3.05) is 0 Å². The van der Waals surface area contributed by atoms with E-state index < -0.39 is 0 Å². The van der Waals surface area contributed by atoms with Gasteiger partial charge in [0.2, 0.25) is 0 Å². The van der Waals surface area contributed by atoms with Crippen LogP contribution in [0.5, 0.6) is 0 Å². The van der Waals surface area contributed by atoms with Crippen molar-refractivity contribution in [3.8, 4) is 0 Å². The lowest BCUT2D eigenvalue weighted by molar-refractivity contribution is 0.746. The summed E-state index contributed by atoms with van der Waals surface area (Å²) in [6.45, 7) is 4.79. The zero-order valence-corrected chi connectivity index (χ0v) is 4.61. The van der Waals surface area contributed by atoms with E-state index in [9.17, 15) is 4.79 Å². The summed E-state index contributed by atoms with van der Waals surface area (Å²) >= 11 is 0. The molecule has 0 bridgehead atoms. The summed E-state index contributed by atoms with van der Waals surface area (Å²) in [5.74, 6) is 0. The van der Waals surface area contributed by atoms with Crippen LogP contribution in [0.4, 0.5) is 0 Å². The Kier molecular flexibility index (Phi) is 1.44. The van der Waals surface area contributed by atoms with Crippen LogP contribution in [-0.4, -0.2) is 20.2 Å². The quantitative estimate of drug-likeness (QED) is 0.560. The molecule has 1 aromatic rings. The van der Waals surface area contributed by atoms with Crippen LogP contribution in [0.1, 0.15) is 0 Å². The first-order valence-corrected chi connectivity index (χ1v) is 2.30. The summed E-state index contributed by atoms with van der Waals surface area (Å²) in [6, 6.07) is 0. The molecule has 5 nitrogen and oxygen atoms in total. The van der Waals surface area contributed by atoms with Crippen molar-refractivity contribution < 1.29 is 0 Å². The van der Waals surface area contributed by atoms with Crippen molar-refractivity contribution in [1.82, 2.24) is 20.2 Å². The molecule has 1 N–H and O–H groups in total. The number of aromatic amines is 1. The van der Waals surface area contributed by atoms with Gasteiger partial charge in [0, 0.05) is 0 Å². The van der Waals surface area contributed by atoms with Crippen LogP contribution >= 0.6 is 0 Å². The molecule has 0 aliphatic rings. The predicted octanol–water partition coefficient (Wildman–Crippen LogP) is -0.838. The minimum Gasteiger partial charge on any atom is -0.244 e. The second kappa shape index (κ2) is 2.25. The fraction of sp³-hybridized carbons (Fsp3) is 0. The fourth-order valence-electron chi connectivity index (χ4n) is 0.403. The minimum absolute atomic E-state index is 0.366. The molecule has 0 aromatic carbocycles. The minimum atomic E-state index is -0.366. The van der Waals surface area contributed by atoms with Gasteiger partial charge in [0.15, 0.2) is 0 Å². The number of hydrogen-bond donors (Lipinski definition) is 1. The van der Waals surface area contributed by atoms with Crippen molar-refractivity contribution in [3.05, 3.63) is 29.7 Å². The molecule has 9 heavy (non-hydrogen) atoms. The molecule has 0 aliphatic heterocycles. The molecule has 0 aliphatic carbocycles. The van der Waals surface area contributed by atoms with Crippen molar-refractivity contribution in [2.45, 2.75) is 0 Å². The lowest BCUT2D eigenvalue weighted by Gasteiger charge is -1.83. The molecule has 0 fully saturated rings. The second-order valence-corrected chi connectivity index (χ2v) is 1.34. The molecule has 5 heteroatoms. The smallest absolute Gasteiger partial charge is 0.244 e. The van der Waals surface area contributed by atoms with E-state index in [1.165, 1.54) is 12.6 Å². The van der Waals surface area contributed by atoms with Gasteiger partial charge in [0.05, 0.1) is 0 Å². The third kappa shape index (κ3) is 1.04. The molecule has 0 saturated carbocycles. The number of nitrogens with zero attached hydrogens (tertiary/aromatic N) is 3. The Morgan fingerprint density at radius 2 is 2.56 bits per heavy atom. The Morgan fingerprint density at radius 1 is 1.78 bits per heavy atom. The van der Waals surface area contributed by atoms with E-state index in [1.807, 2.05) is 0 Å².